The zero-order chi connectivity index (χ0) is 11.8. The normalized spacial score (nSPS) is 19.6. The van der Waals surface area contributed by atoms with Gasteiger partial charge in [0.05, 0.1) is 5.56 Å². The maximum absolute atomic E-state index is 11.2. The van der Waals surface area contributed by atoms with Crippen LogP contribution < -0.4 is 4.90 Å². The third-order valence-corrected chi connectivity index (χ3v) is 4.06. The summed E-state index contributed by atoms with van der Waals surface area (Å²) in [5, 5.41) is 9.18. The Hall–Kier alpha value is -1.51. The lowest BCUT2D eigenvalue weighted by Crippen LogP contribution is -2.31. The van der Waals surface area contributed by atoms with Gasteiger partial charge in [-0.05, 0) is 37.0 Å². The zero-order valence-electron chi connectivity index (χ0n) is 9.85. The number of aromatic carboxylic acids is 1. The number of nitrogens with zero attached hydrogens (tertiary/aromatic N) is 1. The predicted molar refractivity (Wildman–Crippen MR) is 66.7 cm³/mol. The van der Waals surface area contributed by atoms with Crippen molar-refractivity contribution >= 4 is 11.7 Å². The molecule has 3 heteroatoms. The Bertz CT molecular complexity index is 450. The van der Waals surface area contributed by atoms with Crippen LogP contribution in [0.1, 0.15) is 41.6 Å². The van der Waals surface area contributed by atoms with Crippen LogP contribution in [0.2, 0.25) is 0 Å². The molecule has 17 heavy (non-hydrogen) atoms. The number of fused-ring (bicyclic) bond motifs is 1. The molecular weight excluding hydrogens is 214 g/mol. The van der Waals surface area contributed by atoms with Crippen molar-refractivity contribution in [3.05, 3.63) is 29.3 Å². The Morgan fingerprint density at radius 3 is 2.76 bits per heavy atom. The van der Waals surface area contributed by atoms with E-state index in [2.05, 4.69) is 11.0 Å². The quantitative estimate of drug-likeness (QED) is 0.850. The Kier molecular flexibility index (Phi) is 2.54. The van der Waals surface area contributed by atoms with E-state index in [1.165, 1.54) is 25.7 Å². The minimum absolute atomic E-state index is 0.489. The smallest absolute Gasteiger partial charge is 0.336 e. The first-order valence-corrected chi connectivity index (χ1v) is 6.39. The molecule has 0 spiro atoms. The number of rotatable bonds is 2. The fourth-order valence-electron chi connectivity index (χ4n) is 3.25. The third kappa shape index (κ3) is 1.70. The van der Waals surface area contributed by atoms with E-state index in [1.807, 2.05) is 6.07 Å². The first kappa shape index (κ1) is 10.6. The van der Waals surface area contributed by atoms with Crippen molar-refractivity contribution in [2.75, 3.05) is 11.4 Å². The molecule has 0 saturated heterocycles. The minimum atomic E-state index is -0.796. The van der Waals surface area contributed by atoms with Crippen LogP contribution in [0.3, 0.4) is 0 Å². The molecule has 0 unspecified atom stereocenters. The van der Waals surface area contributed by atoms with E-state index < -0.39 is 5.97 Å². The molecule has 1 aromatic carbocycles. The highest BCUT2D eigenvalue weighted by Crippen LogP contribution is 2.36. The second kappa shape index (κ2) is 4.06. The number of carboxylic acid groups (broad SMARTS) is 1. The van der Waals surface area contributed by atoms with Gasteiger partial charge in [-0.2, -0.15) is 0 Å². The predicted octanol–water partition coefficient (Wildman–Crippen LogP) is 2.69. The average molecular weight is 231 g/mol. The molecule has 3 rings (SSSR count). The second-order valence-electron chi connectivity index (χ2n) is 4.99. The lowest BCUT2D eigenvalue weighted by atomic mass is 10.1. The largest absolute Gasteiger partial charge is 0.478 e. The van der Waals surface area contributed by atoms with Crippen molar-refractivity contribution < 1.29 is 9.90 Å². The van der Waals surface area contributed by atoms with E-state index in [9.17, 15) is 9.90 Å². The molecular formula is C14H17NO2. The van der Waals surface area contributed by atoms with Crippen LogP contribution in [0.4, 0.5) is 5.69 Å². The Morgan fingerprint density at radius 2 is 2.06 bits per heavy atom. The van der Waals surface area contributed by atoms with Gasteiger partial charge < -0.3 is 10.0 Å². The number of hydrogen-bond donors (Lipinski definition) is 1. The monoisotopic (exact) mass is 231 g/mol. The SMILES string of the molecule is O=C(O)c1cccc2c1CCN2C1CCCC1. The average Bonchev–Trinajstić information content (AvgIpc) is 2.96. The highest BCUT2D eigenvalue weighted by Gasteiger charge is 2.30. The summed E-state index contributed by atoms with van der Waals surface area (Å²) >= 11 is 0. The van der Waals surface area contributed by atoms with E-state index in [0.29, 0.717) is 11.6 Å². The van der Waals surface area contributed by atoms with Crippen molar-refractivity contribution in [2.45, 2.75) is 38.1 Å². The summed E-state index contributed by atoms with van der Waals surface area (Å²) in [5.41, 5.74) is 2.69. The Labute approximate surface area is 101 Å². The highest BCUT2D eigenvalue weighted by atomic mass is 16.4. The highest BCUT2D eigenvalue weighted by molar-refractivity contribution is 5.92. The van der Waals surface area contributed by atoms with Crippen LogP contribution in [0.15, 0.2) is 18.2 Å². The lowest BCUT2D eigenvalue weighted by Gasteiger charge is -2.26. The van der Waals surface area contributed by atoms with Crippen LogP contribution in [-0.4, -0.2) is 23.7 Å². The van der Waals surface area contributed by atoms with Gasteiger partial charge in [0.15, 0.2) is 0 Å². The Balaban J connectivity index is 1.97. The number of anilines is 1. The fourth-order valence-corrected chi connectivity index (χ4v) is 3.25. The second-order valence-corrected chi connectivity index (χ2v) is 4.99. The molecule has 90 valence electrons. The van der Waals surface area contributed by atoms with Crippen molar-refractivity contribution in [1.82, 2.24) is 0 Å². The van der Waals surface area contributed by atoms with Gasteiger partial charge in [0, 0.05) is 18.3 Å². The topological polar surface area (TPSA) is 40.5 Å². The summed E-state index contributed by atoms with van der Waals surface area (Å²) in [6.07, 6.45) is 6.03. The van der Waals surface area contributed by atoms with Crippen molar-refractivity contribution in [1.29, 1.82) is 0 Å². The molecule has 1 fully saturated rings. The molecule has 1 aliphatic carbocycles. The molecule has 2 aliphatic rings. The standard InChI is InChI=1S/C14H17NO2/c16-14(17)12-6-3-7-13-11(12)8-9-15(13)10-4-1-2-5-10/h3,6-7,10H,1-2,4-5,8-9H2,(H,16,17). The summed E-state index contributed by atoms with van der Waals surface area (Å²) in [7, 11) is 0. The minimum Gasteiger partial charge on any atom is -0.478 e. The van der Waals surface area contributed by atoms with Gasteiger partial charge in [0.25, 0.3) is 0 Å². The summed E-state index contributed by atoms with van der Waals surface area (Å²) in [5.74, 6) is -0.796. The number of benzene rings is 1. The zero-order valence-corrected chi connectivity index (χ0v) is 9.85. The molecule has 1 heterocycles. The lowest BCUT2D eigenvalue weighted by molar-refractivity contribution is 0.0696. The molecule has 1 N–H and O–H groups in total. The van der Waals surface area contributed by atoms with Crippen molar-refractivity contribution in [3.8, 4) is 0 Å². The van der Waals surface area contributed by atoms with Crippen LogP contribution in [0, 0.1) is 0 Å². The molecule has 1 aromatic rings. The third-order valence-electron chi connectivity index (χ3n) is 4.06. The molecule has 3 nitrogen and oxygen atoms in total. The first-order chi connectivity index (χ1) is 8.27. The molecule has 0 radical (unpaired) electrons. The maximum Gasteiger partial charge on any atom is 0.336 e. The number of carbonyl (C=O) groups is 1. The molecule has 0 amide bonds. The van der Waals surface area contributed by atoms with Gasteiger partial charge in [-0.25, -0.2) is 4.79 Å². The summed E-state index contributed by atoms with van der Waals surface area (Å²) < 4.78 is 0. The number of carboxylic acids is 1. The van der Waals surface area contributed by atoms with Crippen LogP contribution in [-0.2, 0) is 6.42 Å². The van der Waals surface area contributed by atoms with Gasteiger partial charge in [-0.1, -0.05) is 18.9 Å². The van der Waals surface area contributed by atoms with Gasteiger partial charge in [0.1, 0.15) is 0 Å². The van der Waals surface area contributed by atoms with E-state index in [-0.39, 0.29) is 0 Å². The fraction of sp³-hybridized carbons (Fsp3) is 0.500. The Morgan fingerprint density at radius 1 is 1.29 bits per heavy atom. The van der Waals surface area contributed by atoms with E-state index in [4.69, 9.17) is 0 Å². The molecule has 0 bridgehead atoms. The molecule has 0 atom stereocenters. The maximum atomic E-state index is 11.2. The summed E-state index contributed by atoms with van der Waals surface area (Å²) in [4.78, 5) is 13.6. The van der Waals surface area contributed by atoms with Crippen LogP contribution in [0.5, 0.6) is 0 Å². The molecule has 1 aliphatic heterocycles. The van der Waals surface area contributed by atoms with E-state index in [1.54, 1.807) is 6.07 Å². The summed E-state index contributed by atoms with van der Waals surface area (Å²) in [6, 6.07) is 6.31. The van der Waals surface area contributed by atoms with Crippen molar-refractivity contribution in [3.63, 3.8) is 0 Å². The van der Waals surface area contributed by atoms with E-state index >= 15 is 0 Å². The van der Waals surface area contributed by atoms with Gasteiger partial charge in [0.2, 0.25) is 0 Å². The first-order valence-electron chi connectivity index (χ1n) is 6.39. The van der Waals surface area contributed by atoms with Gasteiger partial charge in [-0.3, -0.25) is 0 Å². The molecule has 0 aromatic heterocycles. The molecule has 1 saturated carbocycles. The van der Waals surface area contributed by atoms with E-state index in [0.717, 1.165) is 24.2 Å². The van der Waals surface area contributed by atoms with Gasteiger partial charge in [-0.15, -0.1) is 0 Å². The summed E-state index contributed by atoms with van der Waals surface area (Å²) in [6.45, 7) is 0.990. The van der Waals surface area contributed by atoms with Crippen LogP contribution >= 0.6 is 0 Å². The van der Waals surface area contributed by atoms with Crippen LogP contribution in [0.25, 0.3) is 0 Å². The van der Waals surface area contributed by atoms with Crippen molar-refractivity contribution in [2.24, 2.45) is 0 Å². The van der Waals surface area contributed by atoms with Gasteiger partial charge >= 0.3 is 5.97 Å². The number of hydrogen-bond acceptors (Lipinski definition) is 2.